The summed E-state index contributed by atoms with van der Waals surface area (Å²) in [6.07, 6.45) is 4.62. The van der Waals surface area contributed by atoms with E-state index in [2.05, 4.69) is 5.32 Å². The Bertz CT molecular complexity index is 715. The number of hydrogen-bond acceptors (Lipinski definition) is 5. The number of nitrogens with one attached hydrogen (secondary N) is 1. The molecule has 3 aliphatic rings. The summed E-state index contributed by atoms with van der Waals surface area (Å²) < 4.78 is 11.2. The van der Waals surface area contributed by atoms with Crippen LogP contribution in [0.25, 0.3) is 0 Å². The zero-order valence-corrected chi connectivity index (χ0v) is 15.1. The zero-order chi connectivity index (χ0) is 18.1. The van der Waals surface area contributed by atoms with Gasteiger partial charge in [-0.2, -0.15) is 0 Å². The van der Waals surface area contributed by atoms with Crippen LogP contribution in [0.2, 0.25) is 0 Å². The molecule has 1 saturated carbocycles. The third-order valence-corrected chi connectivity index (χ3v) is 5.39. The van der Waals surface area contributed by atoms with Crippen LogP contribution in [0.15, 0.2) is 18.2 Å². The molecular formula is C19H25N3O4. The van der Waals surface area contributed by atoms with Crippen LogP contribution in [0.3, 0.4) is 0 Å². The molecule has 0 radical (unpaired) electrons. The van der Waals surface area contributed by atoms with Gasteiger partial charge in [-0.1, -0.05) is 25.3 Å². The van der Waals surface area contributed by atoms with Crippen molar-refractivity contribution in [2.75, 3.05) is 26.9 Å². The molecule has 0 unspecified atom stereocenters. The number of carbonyl (C=O) groups is 2. The summed E-state index contributed by atoms with van der Waals surface area (Å²) in [5.74, 6) is 1.44. The Morgan fingerprint density at radius 2 is 1.85 bits per heavy atom. The molecule has 2 fully saturated rings. The fourth-order valence-electron chi connectivity index (χ4n) is 4.09. The largest absolute Gasteiger partial charge is 0.486 e. The van der Waals surface area contributed by atoms with Gasteiger partial charge in [0.05, 0.1) is 6.67 Å². The number of ether oxygens (including phenoxy) is 2. The average molecular weight is 359 g/mol. The Morgan fingerprint density at radius 3 is 2.62 bits per heavy atom. The molecule has 1 aromatic rings. The highest BCUT2D eigenvalue weighted by atomic mass is 16.6. The first kappa shape index (κ1) is 17.1. The van der Waals surface area contributed by atoms with Gasteiger partial charge < -0.3 is 14.8 Å². The molecule has 0 bridgehead atoms. The van der Waals surface area contributed by atoms with E-state index in [1.165, 1.54) is 4.90 Å². The normalized spacial score (nSPS) is 21.4. The number of rotatable bonds is 4. The average Bonchev–Trinajstić information content (AvgIpc) is 2.86. The molecule has 1 aromatic carbocycles. The lowest BCUT2D eigenvalue weighted by Crippen LogP contribution is -2.48. The molecule has 140 valence electrons. The Hall–Kier alpha value is -2.28. The molecule has 2 aliphatic heterocycles. The smallest absolute Gasteiger partial charge is 0.326 e. The number of benzene rings is 1. The van der Waals surface area contributed by atoms with Gasteiger partial charge >= 0.3 is 6.03 Å². The minimum atomic E-state index is -0.660. The predicted molar refractivity (Wildman–Crippen MR) is 95.0 cm³/mol. The number of nitrogens with zero attached hydrogens (tertiary/aromatic N) is 2. The van der Waals surface area contributed by atoms with Crippen LogP contribution in [0.1, 0.15) is 37.7 Å². The van der Waals surface area contributed by atoms with Crippen molar-refractivity contribution in [1.82, 2.24) is 15.1 Å². The first-order chi connectivity index (χ1) is 12.6. The van der Waals surface area contributed by atoms with E-state index in [-0.39, 0.29) is 18.6 Å². The maximum atomic E-state index is 12.9. The first-order valence-electron chi connectivity index (χ1n) is 9.29. The van der Waals surface area contributed by atoms with E-state index < -0.39 is 5.54 Å². The standard InChI is InChI=1S/C19H25N3O4/c1-21(12-14-5-6-15-16(11-14)26-10-9-25-15)13-22-17(23)19(20-18(22)24)7-3-2-4-8-19/h5-6,11H,2-4,7-10,12-13H2,1H3,(H,20,24). The Balaban J connectivity index is 1.41. The fourth-order valence-corrected chi connectivity index (χ4v) is 4.09. The molecule has 1 spiro atoms. The van der Waals surface area contributed by atoms with Crippen LogP contribution >= 0.6 is 0 Å². The highest BCUT2D eigenvalue weighted by Gasteiger charge is 2.51. The van der Waals surface area contributed by atoms with Crippen LogP contribution < -0.4 is 14.8 Å². The van der Waals surface area contributed by atoms with E-state index in [0.717, 1.165) is 49.2 Å². The highest BCUT2D eigenvalue weighted by Crippen LogP contribution is 2.34. The van der Waals surface area contributed by atoms with Crippen molar-refractivity contribution in [1.29, 1.82) is 0 Å². The lowest BCUT2D eigenvalue weighted by molar-refractivity contribution is -0.133. The number of urea groups is 1. The van der Waals surface area contributed by atoms with Crippen LogP contribution in [-0.4, -0.2) is 54.2 Å². The van der Waals surface area contributed by atoms with Crippen molar-refractivity contribution in [2.45, 2.75) is 44.2 Å². The van der Waals surface area contributed by atoms with Crippen molar-refractivity contribution in [3.05, 3.63) is 23.8 Å². The topological polar surface area (TPSA) is 71.1 Å². The maximum absolute atomic E-state index is 12.9. The monoisotopic (exact) mass is 359 g/mol. The molecule has 2 heterocycles. The third kappa shape index (κ3) is 3.11. The van der Waals surface area contributed by atoms with Gasteiger partial charge in [-0.15, -0.1) is 0 Å². The van der Waals surface area contributed by atoms with E-state index in [1.807, 2.05) is 30.1 Å². The van der Waals surface area contributed by atoms with Crippen molar-refractivity contribution in [2.24, 2.45) is 0 Å². The minimum absolute atomic E-state index is 0.0729. The van der Waals surface area contributed by atoms with Gasteiger partial charge in [0.25, 0.3) is 5.91 Å². The van der Waals surface area contributed by atoms with Gasteiger partial charge in [-0.25, -0.2) is 9.69 Å². The Kier molecular flexibility index (Phi) is 4.48. The van der Waals surface area contributed by atoms with Gasteiger partial charge in [0, 0.05) is 6.54 Å². The van der Waals surface area contributed by atoms with E-state index in [9.17, 15) is 9.59 Å². The number of carbonyl (C=O) groups excluding carboxylic acids is 2. The number of fused-ring (bicyclic) bond motifs is 1. The summed E-state index contributed by atoms with van der Waals surface area (Å²) in [4.78, 5) is 28.5. The summed E-state index contributed by atoms with van der Waals surface area (Å²) >= 11 is 0. The van der Waals surface area contributed by atoms with Gasteiger partial charge in [-0.3, -0.25) is 9.69 Å². The van der Waals surface area contributed by atoms with Crippen molar-refractivity contribution < 1.29 is 19.1 Å². The second kappa shape index (κ2) is 6.79. The molecule has 4 rings (SSSR count). The molecule has 1 N–H and O–H groups in total. The maximum Gasteiger partial charge on any atom is 0.326 e. The predicted octanol–water partition coefficient (Wildman–Crippen LogP) is 2.10. The van der Waals surface area contributed by atoms with Gasteiger partial charge in [0.1, 0.15) is 18.8 Å². The van der Waals surface area contributed by atoms with Gasteiger partial charge in [0.2, 0.25) is 0 Å². The fraction of sp³-hybridized carbons (Fsp3) is 0.579. The van der Waals surface area contributed by atoms with E-state index in [0.29, 0.717) is 19.8 Å². The Labute approximate surface area is 153 Å². The molecule has 7 heteroatoms. The third-order valence-electron chi connectivity index (χ3n) is 5.39. The summed E-state index contributed by atoms with van der Waals surface area (Å²) in [7, 11) is 1.91. The highest BCUT2D eigenvalue weighted by molar-refractivity contribution is 6.07. The van der Waals surface area contributed by atoms with Crippen LogP contribution in [0.4, 0.5) is 4.79 Å². The van der Waals surface area contributed by atoms with E-state index in [4.69, 9.17) is 9.47 Å². The molecule has 1 saturated heterocycles. The molecule has 3 amide bonds. The molecule has 1 aliphatic carbocycles. The van der Waals surface area contributed by atoms with Gasteiger partial charge in [-0.05, 0) is 37.6 Å². The molecule has 7 nitrogen and oxygen atoms in total. The summed E-state index contributed by atoms with van der Waals surface area (Å²) in [5, 5.41) is 2.95. The summed E-state index contributed by atoms with van der Waals surface area (Å²) in [5.41, 5.74) is 0.392. The molecule has 0 aromatic heterocycles. The van der Waals surface area contributed by atoms with Crippen molar-refractivity contribution in [3.8, 4) is 11.5 Å². The zero-order valence-electron chi connectivity index (χ0n) is 15.1. The van der Waals surface area contributed by atoms with Gasteiger partial charge in [0.15, 0.2) is 11.5 Å². The lowest BCUT2D eigenvalue weighted by atomic mass is 9.82. The first-order valence-corrected chi connectivity index (χ1v) is 9.29. The quantitative estimate of drug-likeness (QED) is 0.834. The van der Waals surface area contributed by atoms with Crippen LogP contribution in [0, 0.1) is 0 Å². The van der Waals surface area contributed by atoms with Crippen molar-refractivity contribution in [3.63, 3.8) is 0 Å². The second-order valence-electron chi connectivity index (χ2n) is 7.44. The van der Waals surface area contributed by atoms with E-state index >= 15 is 0 Å². The second-order valence-corrected chi connectivity index (χ2v) is 7.44. The SMILES string of the molecule is CN(Cc1ccc2c(c1)OCCO2)CN1C(=O)NC2(CCCCC2)C1=O. The molecule has 26 heavy (non-hydrogen) atoms. The summed E-state index contributed by atoms with van der Waals surface area (Å²) in [6, 6.07) is 5.58. The van der Waals surface area contributed by atoms with Crippen LogP contribution in [0.5, 0.6) is 11.5 Å². The number of amides is 3. The minimum Gasteiger partial charge on any atom is -0.486 e. The number of hydrogen-bond donors (Lipinski definition) is 1. The number of imide groups is 1. The van der Waals surface area contributed by atoms with Crippen LogP contribution in [-0.2, 0) is 11.3 Å². The Morgan fingerprint density at radius 1 is 1.12 bits per heavy atom. The molecule has 0 atom stereocenters. The molecular weight excluding hydrogens is 334 g/mol. The lowest BCUT2D eigenvalue weighted by Gasteiger charge is -2.31. The summed E-state index contributed by atoms with van der Waals surface area (Å²) in [6.45, 7) is 2.01. The van der Waals surface area contributed by atoms with Crippen molar-refractivity contribution >= 4 is 11.9 Å². The van der Waals surface area contributed by atoms with E-state index in [1.54, 1.807) is 0 Å².